The van der Waals surface area contributed by atoms with E-state index in [1.807, 2.05) is 0 Å². The van der Waals surface area contributed by atoms with Crippen LogP contribution in [0.4, 0.5) is 8.78 Å². The van der Waals surface area contributed by atoms with Crippen LogP contribution in [0, 0.1) is 11.6 Å². The third-order valence-corrected chi connectivity index (χ3v) is 5.49. The molecule has 0 aliphatic carbocycles. The molecule has 1 N–H and O–H groups in total. The van der Waals surface area contributed by atoms with Gasteiger partial charge in [-0.2, -0.15) is 4.39 Å². The number of ketones is 1. The fraction of sp³-hybridized carbons (Fsp3) is 0.458. The number of phenolic OH excluding ortho intramolecular Hbond substituents is 1. The van der Waals surface area contributed by atoms with Crippen molar-refractivity contribution in [1.29, 1.82) is 0 Å². The molecule has 2 atom stereocenters. The molecule has 2 aliphatic rings. The molecule has 0 spiro atoms. The Kier molecular flexibility index (Phi) is 7.22. The number of phenols is 1. The molecule has 0 aromatic heterocycles. The van der Waals surface area contributed by atoms with Crippen molar-refractivity contribution >= 4 is 5.78 Å². The van der Waals surface area contributed by atoms with Crippen LogP contribution in [-0.4, -0.2) is 36.7 Å². The zero-order chi connectivity index (χ0) is 22.5. The minimum Gasteiger partial charge on any atom is -0.507 e. The number of ether oxygens (including phenoxy) is 4. The van der Waals surface area contributed by atoms with Crippen LogP contribution in [0.2, 0.25) is 0 Å². The van der Waals surface area contributed by atoms with E-state index in [1.165, 1.54) is 18.2 Å². The van der Waals surface area contributed by atoms with Crippen molar-refractivity contribution in [2.24, 2.45) is 0 Å². The number of carbonyl (C=O) groups excluding carboxylic acids is 1. The second-order valence-corrected chi connectivity index (χ2v) is 8.00. The van der Waals surface area contributed by atoms with Crippen LogP contribution in [0.5, 0.6) is 17.2 Å². The Balaban J connectivity index is 1.48. The summed E-state index contributed by atoms with van der Waals surface area (Å²) in [7, 11) is 0. The topological polar surface area (TPSA) is 74.2 Å². The highest BCUT2D eigenvalue weighted by molar-refractivity contribution is 6.00. The van der Waals surface area contributed by atoms with Gasteiger partial charge in [0.25, 0.3) is 0 Å². The van der Waals surface area contributed by atoms with Crippen LogP contribution in [-0.2, 0) is 15.9 Å². The predicted molar refractivity (Wildman–Crippen MR) is 111 cm³/mol. The summed E-state index contributed by atoms with van der Waals surface area (Å²) in [5, 5.41) is 10.2. The Morgan fingerprint density at radius 1 is 0.969 bits per heavy atom. The summed E-state index contributed by atoms with van der Waals surface area (Å²) in [5.74, 6) is -2.83. The molecule has 172 valence electrons. The number of carbonyl (C=O) groups is 1. The number of hydrogen-bond donors (Lipinski definition) is 1. The van der Waals surface area contributed by atoms with E-state index in [0.29, 0.717) is 25.4 Å². The third-order valence-electron chi connectivity index (χ3n) is 5.49. The molecule has 2 fully saturated rings. The summed E-state index contributed by atoms with van der Waals surface area (Å²) in [5.41, 5.74) is 0.252. The highest BCUT2D eigenvalue weighted by atomic mass is 19.2. The maximum absolute atomic E-state index is 14.2. The van der Waals surface area contributed by atoms with Crippen LogP contribution in [0.15, 0.2) is 30.3 Å². The van der Waals surface area contributed by atoms with Crippen LogP contribution in [0.25, 0.3) is 0 Å². The first-order valence-electron chi connectivity index (χ1n) is 10.9. The molecule has 2 aromatic rings. The average Bonchev–Trinajstić information content (AvgIpc) is 2.80. The normalized spacial score (nSPS) is 21.2. The average molecular weight is 448 g/mol. The van der Waals surface area contributed by atoms with E-state index in [1.54, 1.807) is 6.07 Å². The van der Waals surface area contributed by atoms with Crippen LogP contribution < -0.4 is 9.47 Å². The van der Waals surface area contributed by atoms with Gasteiger partial charge in [0.15, 0.2) is 29.9 Å². The van der Waals surface area contributed by atoms with E-state index >= 15 is 0 Å². The van der Waals surface area contributed by atoms with Gasteiger partial charge in [0.1, 0.15) is 11.5 Å². The molecule has 32 heavy (non-hydrogen) atoms. The fourth-order valence-corrected chi connectivity index (χ4v) is 3.80. The minimum atomic E-state index is -1.12. The summed E-state index contributed by atoms with van der Waals surface area (Å²) in [6.45, 7) is 1.11. The monoisotopic (exact) mass is 448 g/mol. The van der Waals surface area contributed by atoms with Gasteiger partial charge in [-0.25, -0.2) is 4.39 Å². The minimum absolute atomic E-state index is 0.0288. The maximum Gasteiger partial charge on any atom is 0.200 e. The summed E-state index contributed by atoms with van der Waals surface area (Å²) < 4.78 is 50.6. The molecule has 6 nitrogen and oxygen atoms in total. The Hall–Kier alpha value is -2.71. The SMILES string of the molecule is O=C(Cc1cc(F)c(F)c(OC2CCCCO2)c1)c1cc(OC2CCCCO2)ccc1O. The molecule has 0 amide bonds. The lowest BCUT2D eigenvalue weighted by molar-refractivity contribution is -0.107. The lowest BCUT2D eigenvalue weighted by Crippen LogP contribution is -2.25. The van der Waals surface area contributed by atoms with Crippen molar-refractivity contribution in [3.8, 4) is 17.2 Å². The number of halogens is 2. The van der Waals surface area contributed by atoms with Crippen LogP contribution in [0.1, 0.15) is 54.4 Å². The van der Waals surface area contributed by atoms with E-state index in [2.05, 4.69) is 0 Å². The van der Waals surface area contributed by atoms with Crippen LogP contribution >= 0.6 is 0 Å². The highest BCUT2D eigenvalue weighted by Crippen LogP contribution is 2.29. The molecule has 2 heterocycles. The first kappa shape index (κ1) is 22.5. The van der Waals surface area contributed by atoms with Gasteiger partial charge in [-0.1, -0.05) is 0 Å². The maximum atomic E-state index is 14.2. The lowest BCUT2D eigenvalue weighted by Gasteiger charge is -2.24. The largest absolute Gasteiger partial charge is 0.507 e. The summed E-state index contributed by atoms with van der Waals surface area (Å²) >= 11 is 0. The van der Waals surface area contributed by atoms with Gasteiger partial charge in [0.2, 0.25) is 5.82 Å². The van der Waals surface area contributed by atoms with E-state index in [0.717, 1.165) is 38.2 Å². The standard InChI is InChI=1S/C24H26F2O6/c25-18-11-15(13-21(24(18)26)32-23-6-2-4-10-30-23)12-20(28)17-14-16(7-8-19(17)27)31-22-5-1-3-9-29-22/h7-8,11,13-14,22-23,27H,1-6,9-10,12H2. The second-order valence-electron chi connectivity index (χ2n) is 8.00. The smallest absolute Gasteiger partial charge is 0.200 e. The lowest BCUT2D eigenvalue weighted by atomic mass is 10.0. The molecular weight excluding hydrogens is 422 g/mol. The number of hydrogen-bond acceptors (Lipinski definition) is 6. The zero-order valence-corrected chi connectivity index (χ0v) is 17.6. The van der Waals surface area contributed by atoms with Gasteiger partial charge in [0, 0.05) is 19.3 Å². The molecule has 8 heteroatoms. The molecule has 0 bridgehead atoms. The van der Waals surface area contributed by atoms with Crippen molar-refractivity contribution in [3.05, 3.63) is 53.1 Å². The number of benzene rings is 2. The van der Waals surface area contributed by atoms with Gasteiger partial charge < -0.3 is 24.1 Å². The van der Waals surface area contributed by atoms with Gasteiger partial charge in [-0.05, 0) is 61.6 Å². The molecule has 2 saturated heterocycles. The molecule has 2 aromatic carbocycles. The number of aromatic hydroxyl groups is 1. The third kappa shape index (κ3) is 5.55. The first-order valence-corrected chi connectivity index (χ1v) is 10.9. The second kappa shape index (κ2) is 10.3. The predicted octanol–water partition coefficient (Wildman–Crippen LogP) is 4.91. The molecule has 2 aliphatic heterocycles. The van der Waals surface area contributed by atoms with Crippen molar-refractivity contribution in [1.82, 2.24) is 0 Å². The number of Topliss-reactive ketones (excluding diaryl/α,β-unsaturated/α-hetero) is 1. The van der Waals surface area contributed by atoms with Crippen molar-refractivity contribution in [3.63, 3.8) is 0 Å². The zero-order valence-electron chi connectivity index (χ0n) is 17.6. The Bertz CT molecular complexity index is 952. The van der Waals surface area contributed by atoms with Gasteiger partial charge >= 0.3 is 0 Å². The van der Waals surface area contributed by atoms with E-state index in [9.17, 15) is 18.7 Å². The number of rotatable bonds is 7. The van der Waals surface area contributed by atoms with Gasteiger partial charge in [-0.15, -0.1) is 0 Å². The van der Waals surface area contributed by atoms with Gasteiger partial charge in [0.05, 0.1) is 18.8 Å². The Morgan fingerprint density at radius 2 is 1.66 bits per heavy atom. The van der Waals surface area contributed by atoms with Gasteiger partial charge in [-0.3, -0.25) is 4.79 Å². The molecule has 0 saturated carbocycles. The molecule has 4 rings (SSSR count). The van der Waals surface area contributed by atoms with E-state index in [-0.39, 0.29) is 29.0 Å². The van der Waals surface area contributed by atoms with E-state index in [4.69, 9.17) is 18.9 Å². The molecule has 0 radical (unpaired) electrons. The van der Waals surface area contributed by atoms with Crippen LogP contribution in [0.3, 0.4) is 0 Å². The fourth-order valence-electron chi connectivity index (χ4n) is 3.80. The quantitative estimate of drug-likeness (QED) is 0.607. The Labute approximate surface area is 185 Å². The molecule has 2 unspecified atom stereocenters. The first-order chi connectivity index (χ1) is 15.5. The summed E-state index contributed by atoms with van der Waals surface area (Å²) in [4.78, 5) is 12.8. The Morgan fingerprint density at radius 3 is 2.31 bits per heavy atom. The van der Waals surface area contributed by atoms with Crippen molar-refractivity contribution in [2.45, 2.75) is 57.5 Å². The molecular formula is C24H26F2O6. The van der Waals surface area contributed by atoms with Crippen molar-refractivity contribution < 1.29 is 37.6 Å². The van der Waals surface area contributed by atoms with E-state index < -0.39 is 30.0 Å². The highest BCUT2D eigenvalue weighted by Gasteiger charge is 2.22. The summed E-state index contributed by atoms with van der Waals surface area (Å²) in [6.07, 6.45) is 3.75. The van der Waals surface area contributed by atoms with Crippen molar-refractivity contribution in [2.75, 3.05) is 13.2 Å². The summed E-state index contributed by atoms with van der Waals surface area (Å²) in [6, 6.07) is 6.60.